The van der Waals surface area contributed by atoms with Gasteiger partial charge in [0.05, 0.1) is 13.2 Å². The Hall–Kier alpha value is -0.900. The summed E-state index contributed by atoms with van der Waals surface area (Å²) in [6.45, 7) is 4.90. The van der Waals surface area contributed by atoms with Gasteiger partial charge in [-0.3, -0.25) is 0 Å². The smallest absolute Gasteiger partial charge is 0.157 e. The van der Waals surface area contributed by atoms with Crippen LogP contribution < -0.4 is 5.73 Å². The molecule has 0 saturated carbocycles. The molecule has 3 nitrogen and oxygen atoms in total. The molecule has 1 aliphatic heterocycles. The van der Waals surface area contributed by atoms with Crippen molar-refractivity contribution in [3.8, 4) is 0 Å². The highest BCUT2D eigenvalue weighted by Gasteiger charge is 2.28. The Labute approximate surface area is 128 Å². The number of rotatable bonds is 8. The van der Waals surface area contributed by atoms with Gasteiger partial charge >= 0.3 is 0 Å². The molecule has 1 fully saturated rings. The molecule has 2 atom stereocenters. The van der Waals surface area contributed by atoms with E-state index in [4.69, 9.17) is 9.47 Å². The van der Waals surface area contributed by atoms with Crippen molar-refractivity contribution in [1.29, 1.82) is 0 Å². The van der Waals surface area contributed by atoms with E-state index >= 15 is 0 Å². The fraction of sp³-hybridized carbons (Fsp3) is 0.667. The second kappa shape index (κ2) is 8.52. The van der Waals surface area contributed by atoms with E-state index < -0.39 is 0 Å². The maximum atomic E-state index is 6.10. The summed E-state index contributed by atoms with van der Waals surface area (Å²) in [5.74, 6) is 0. The van der Waals surface area contributed by atoms with Crippen molar-refractivity contribution in [2.24, 2.45) is 0 Å². The minimum atomic E-state index is -0.00497. The van der Waals surface area contributed by atoms with Crippen molar-refractivity contribution < 1.29 is 15.2 Å². The average Bonchev–Trinajstić information content (AvgIpc) is 2.55. The van der Waals surface area contributed by atoms with Crippen molar-refractivity contribution >= 4 is 0 Å². The maximum Gasteiger partial charge on any atom is 0.157 e. The lowest BCUT2D eigenvalue weighted by Crippen LogP contribution is -2.50. The summed E-state index contributed by atoms with van der Waals surface area (Å²) in [7, 11) is 0. The van der Waals surface area contributed by atoms with Gasteiger partial charge in [0.25, 0.3) is 0 Å². The zero-order chi connectivity index (χ0) is 15.0. The SMILES string of the molecule is CC(CCCC[NH3+])(COC1CCCCO1)c1ccccc1. The van der Waals surface area contributed by atoms with Crippen LogP contribution in [0, 0.1) is 0 Å². The third-order valence-corrected chi connectivity index (χ3v) is 4.42. The van der Waals surface area contributed by atoms with Crippen LogP contribution in [0.15, 0.2) is 30.3 Å². The van der Waals surface area contributed by atoms with E-state index in [9.17, 15) is 0 Å². The topological polar surface area (TPSA) is 46.1 Å². The van der Waals surface area contributed by atoms with Crippen LogP contribution in [-0.4, -0.2) is 26.0 Å². The van der Waals surface area contributed by atoms with Gasteiger partial charge in [-0.25, -0.2) is 0 Å². The molecule has 21 heavy (non-hydrogen) atoms. The number of ether oxygens (including phenoxy) is 2. The van der Waals surface area contributed by atoms with Gasteiger partial charge in [0.1, 0.15) is 0 Å². The summed E-state index contributed by atoms with van der Waals surface area (Å²) >= 11 is 0. The zero-order valence-electron chi connectivity index (χ0n) is 13.4. The summed E-state index contributed by atoms with van der Waals surface area (Å²) in [5.41, 5.74) is 5.38. The molecule has 2 rings (SSSR count). The first-order valence-corrected chi connectivity index (χ1v) is 8.32. The Bertz CT molecular complexity index is 389. The lowest BCUT2D eigenvalue weighted by Gasteiger charge is -2.33. The molecular formula is C18H30NO2+. The van der Waals surface area contributed by atoms with Gasteiger partial charge in [-0.05, 0) is 44.1 Å². The molecule has 118 valence electrons. The van der Waals surface area contributed by atoms with E-state index in [-0.39, 0.29) is 11.7 Å². The molecule has 1 aliphatic rings. The van der Waals surface area contributed by atoms with E-state index in [1.165, 1.54) is 31.2 Å². The van der Waals surface area contributed by atoms with E-state index in [0.29, 0.717) is 0 Å². The first-order chi connectivity index (χ1) is 10.2. The van der Waals surface area contributed by atoms with Gasteiger partial charge in [0, 0.05) is 12.0 Å². The molecular weight excluding hydrogens is 262 g/mol. The average molecular weight is 292 g/mol. The molecule has 0 radical (unpaired) electrons. The quantitative estimate of drug-likeness (QED) is 0.749. The fourth-order valence-electron chi connectivity index (χ4n) is 2.95. The molecule has 1 aromatic rings. The third-order valence-electron chi connectivity index (χ3n) is 4.42. The normalized spacial score (nSPS) is 21.9. The molecule has 3 N–H and O–H groups in total. The highest BCUT2D eigenvalue weighted by molar-refractivity contribution is 5.24. The van der Waals surface area contributed by atoms with Crippen LogP contribution in [0.3, 0.4) is 0 Å². The van der Waals surface area contributed by atoms with Gasteiger partial charge in [0.15, 0.2) is 6.29 Å². The molecule has 2 unspecified atom stereocenters. The van der Waals surface area contributed by atoms with Crippen LogP contribution in [0.25, 0.3) is 0 Å². The zero-order valence-corrected chi connectivity index (χ0v) is 13.4. The van der Waals surface area contributed by atoms with Gasteiger partial charge < -0.3 is 15.2 Å². The fourth-order valence-corrected chi connectivity index (χ4v) is 2.95. The van der Waals surface area contributed by atoms with E-state index in [1.54, 1.807) is 0 Å². The number of hydrogen-bond acceptors (Lipinski definition) is 2. The highest BCUT2D eigenvalue weighted by atomic mass is 16.7. The highest BCUT2D eigenvalue weighted by Crippen LogP contribution is 2.31. The summed E-state index contributed by atoms with van der Waals surface area (Å²) in [5, 5.41) is 0. The van der Waals surface area contributed by atoms with Crippen molar-refractivity contribution in [1.82, 2.24) is 0 Å². The van der Waals surface area contributed by atoms with Gasteiger partial charge in [-0.15, -0.1) is 0 Å². The molecule has 1 saturated heterocycles. The molecule has 0 aromatic heterocycles. The van der Waals surface area contributed by atoms with Gasteiger partial charge in [-0.2, -0.15) is 0 Å². The molecule has 0 spiro atoms. The summed E-state index contributed by atoms with van der Waals surface area (Å²) in [4.78, 5) is 0. The summed E-state index contributed by atoms with van der Waals surface area (Å²) < 4.78 is 11.8. The molecule has 3 heteroatoms. The van der Waals surface area contributed by atoms with Gasteiger partial charge in [-0.1, -0.05) is 37.3 Å². The Morgan fingerprint density at radius 2 is 2.05 bits per heavy atom. The molecule has 0 bridgehead atoms. The molecule has 1 aromatic carbocycles. The number of quaternary nitrogens is 1. The minimum Gasteiger partial charge on any atom is -0.358 e. The first kappa shape index (κ1) is 16.5. The van der Waals surface area contributed by atoms with Crippen LogP contribution in [0.1, 0.15) is 51.0 Å². The number of unbranched alkanes of at least 4 members (excludes halogenated alkanes) is 1. The largest absolute Gasteiger partial charge is 0.358 e. The van der Waals surface area contributed by atoms with Crippen LogP contribution in [0.2, 0.25) is 0 Å². The summed E-state index contributed by atoms with van der Waals surface area (Å²) in [6.07, 6.45) is 6.93. The van der Waals surface area contributed by atoms with E-state index in [0.717, 1.165) is 32.6 Å². The lowest BCUT2D eigenvalue weighted by atomic mass is 9.79. The Balaban J connectivity index is 1.97. The van der Waals surface area contributed by atoms with Crippen LogP contribution in [0.5, 0.6) is 0 Å². The van der Waals surface area contributed by atoms with Crippen LogP contribution in [0.4, 0.5) is 0 Å². The summed E-state index contributed by atoms with van der Waals surface area (Å²) in [6, 6.07) is 10.7. The van der Waals surface area contributed by atoms with Crippen molar-refractivity contribution in [2.75, 3.05) is 19.8 Å². The van der Waals surface area contributed by atoms with Gasteiger partial charge in [0.2, 0.25) is 0 Å². The lowest BCUT2D eigenvalue weighted by molar-refractivity contribution is -0.368. The Morgan fingerprint density at radius 1 is 1.24 bits per heavy atom. The van der Waals surface area contributed by atoms with E-state index in [2.05, 4.69) is 43.0 Å². The second-order valence-corrected chi connectivity index (χ2v) is 6.34. The second-order valence-electron chi connectivity index (χ2n) is 6.34. The predicted octanol–water partition coefficient (Wildman–Crippen LogP) is 2.90. The van der Waals surface area contributed by atoms with Crippen molar-refractivity contribution in [2.45, 2.75) is 57.2 Å². The Morgan fingerprint density at radius 3 is 2.71 bits per heavy atom. The standard InChI is InChI=1S/C18H29NO2/c1-18(12-6-7-13-19,16-9-3-2-4-10-16)15-21-17-11-5-8-14-20-17/h2-4,9-10,17H,5-8,11-15,19H2,1H3/p+1. The Kier molecular flexibility index (Phi) is 6.68. The van der Waals surface area contributed by atoms with Crippen molar-refractivity contribution in [3.05, 3.63) is 35.9 Å². The third kappa shape index (κ3) is 5.10. The first-order valence-electron chi connectivity index (χ1n) is 8.32. The maximum absolute atomic E-state index is 6.10. The molecule has 0 amide bonds. The minimum absolute atomic E-state index is 0.00497. The molecule has 1 heterocycles. The van der Waals surface area contributed by atoms with Crippen LogP contribution >= 0.6 is 0 Å². The molecule has 0 aliphatic carbocycles. The van der Waals surface area contributed by atoms with Crippen molar-refractivity contribution in [3.63, 3.8) is 0 Å². The number of benzene rings is 1. The predicted molar refractivity (Wildman–Crippen MR) is 84.9 cm³/mol. The van der Waals surface area contributed by atoms with Crippen LogP contribution in [-0.2, 0) is 14.9 Å². The van der Waals surface area contributed by atoms with E-state index in [1.807, 2.05) is 0 Å². The monoisotopic (exact) mass is 292 g/mol. The number of hydrogen-bond donors (Lipinski definition) is 1.